The van der Waals surface area contributed by atoms with Crippen molar-refractivity contribution in [3.63, 3.8) is 0 Å². The summed E-state index contributed by atoms with van der Waals surface area (Å²) in [5, 5.41) is 3.50. The van der Waals surface area contributed by atoms with Gasteiger partial charge in [-0.3, -0.25) is 0 Å². The van der Waals surface area contributed by atoms with Gasteiger partial charge in [-0.1, -0.05) is 41.9 Å². The fourth-order valence-electron chi connectivity index (χ4n) is 2.47. The molecule has 15 heavy (non-hydrogen) atoms. The van der Waals surface area contributed by atoms with E-state index in [1.54, 1.807) is 0 Å². The van der Waals surface area contributed by atoms with Crippen LogP contribution in [-0.4, -0.2) is 12.6 Å². The van der Waals surface area contributed by atoms with Crippen LogP contribution in [0.2, 0.25) is 0 Å². The average molecular weight is 268 g/mol. The molecule has 0 aliphatic heterocycles. The molecule has 2 heteroatoms. The summed E-state index contributed by atoms with van der Waals surface area (Å²) in [4.78, 5) is 0. The minimum absolute atomic E-state index is 0.200. The molecule has 1 aliphatic carbocycles. The van der Waals surface area contributed by atoms with E-state index in [0.717, 1.165) is 0 Å². The van der Waals surface area contributed by atoms with E-state index < -0.39 is 0 Å². The van der Waals surface area contributed by atoms with Gasteiger partial charge in [-0.15, -0.1) is 0 Å². The van der Waals surface area contributed by atoms with Crippen molar-refractivity contribution in [2.24, 2.45) is 0 Å². The number of rotatable bonds is 3. The Morgan fingerprint density at radius 3 is 2.47 bits per heavy atom. The topological polar surface area (TPSA) is 12.0 Å². The number of likely N-dealkylation sites (N-methyl/N-ethyl adjacent to an activating group) is 1. The maximum Gasteiger partial charge on any atom is 0.0271 e. The van der Waals surface area contributed by atoms with Crippen LogP contribution in [0.5, 0.6) is 0 Å². The van der Waals surface area contributed by atoms with Gasteiger partial charge in [0.25, 0.3) is 0 Å². The lowest BCUT2D eigenvalue weighted by Crippen LogP contribution is -2.45. The molecule has 2 rings (SSSR count). The molecule has 82 valence electrons. The first kappa shape index (κ1) is 11.2. The highest BCUT2D eigenvalue weighted by molar-refractivity contribution is 9.10. The standard InChI is InChI=1S/C13H18BrN/c1-12(2,13(15-3)7-8-13)10-5-4-6-11(14)9-10/h4-6,9,15H,7-8H2,1-3H3. The van der Waals surface area contributed by atoms with E-state index in [0.29, 0.717) is 5.54 Å². The van der Waals surface area contributed by atoms with E-state index >= 15 is 0 Å². The van der Waals surface area contributed by atoms with Crippen LogP contribution >= 0.6 is 15.9 Å². The second-order valence-electron chi connectivity index (χ2n) is 4.97. The van der Waals surface area contributed by atoms with Crippen molar-refractivity contribution in [2.75, 3.05) is 7.05 Å². The molecule has 0 aromatic heterocycles. The van der Waals surface area contributed by atoms with Crippen LogP contribution in [0.3, 0.4) is 0 Å². The van der Waals surface area contributed by atoms with Crippen LogP contribution in [0.15, 0.2) is 28.7 Å². The highest BCUT2D eigenvalue weighted by Gasteiger charge is 2.53. The van der Waals surface area contributed by atoms with E-state index in [4.69, 9.17) is 0 Å². The molecule has 0 bridgehead atoms. The first-order chi connectivity index (χ1) is 7.02. The summed E-state index contributed by atoms with van der Waals surface area (Å²) in [6, 6.07) is 8.66. The molecule has 1 aliphatic rings. The molecular formula is C13H18BrN. The fraction of sp³-hybridized carbons (Fsp3) is 0.538. The normalized spacial score (nSPS) is 18.9. The lowest BCUT2D eigenvalue weighted by molar-refractivity contribution is 0.338. The molecular weight excluding hydrogens is 250 g/mol. The van der Waals surface area contributed by atoms with Crippen molar-refractivity contribution in [2.45, 2.75) is 37.6 Å². The minimum atomic E-state index is 0.200. The zero-order valence-corrected chi connectivity index (χ0v) is 11.2. The number of hydrogen-bond acceptors (Lipinski definition) is 1. The molecule has 0 atom stereocenters. The Hall–Kier alpha value is -0.340. The Kier molecular flexibility index (Phi) is 2.68. The summed E-state index contributed by atoms with van der Waals surface area (Å²) in [5.41, 5.74) is 1.92. The van der Waals surface area contributed by atoms with Gasteiger partial charge in [0.1, 0.15) is 0 Å². The van der Waals surface area contributed by atoms with Crippen LogP contribution in [0.4, 0.5) is 0 Å². The summed E-state index contributed by atoms with van der Waals surface area (Å²) in [5.74, 6) is 0. The summed E-state index contributed by atoms with van der Waals surface area (Å²) in [6.45, 7) is 4.66. The summed E-state index contributed by atoms with van der Waals surface area (Å²) in [6.07, 6.45) is 2.56. The van der Waals surface area contributed by atoms with Gasteiger partial charge >= 0.3 is 0 Å². The molecule has 0 saturated heterocycles. The summed E-state index contributed by atoms with van der Waals surface area (Å²) in [7, 11) is 2.08. The predicted molar refractivity (Wildman–Crippen MR) is 68.2 cm³/mol. The van der Waals surface area contributed by atoms with Crippen molar-refractivity contribution in [1.29, 1.82) is 0 Å². The smallest absolute Gasteiger partial charge is 0.0271 e. The molecule has 1 aromatic rings. The van der Waals surface area contributed by atoms with Crippen molar-refractivity contribution in [1.82, 2.24) is 5.32 Å². The first-order valence-electron chi connectivity index (χ1n) is 5.47. The third-order valence-corrected chi connectivity index (χ3v) is 4.46. The molecule has 0 amide bonds. The average Bonchev–Trinajstić information content (AvgIpc) is 2.98. The third kappa shape index (κ3) is 1.74. The van der Waals surface area contributed by atoms with Crippen molar-refractivity contribution >= 4 is 15.9 Å². The number of nitrogens with one attached hydrogen (secondary N) is 1. The first-order valence-corrected chi connectivity index (χ1v) is 6.26. The maximum atomic E-state index is 3.54. The second kappa shape index (κ2) is 3.60. The lowest BCUT2D eigenvalue weighted by Gasteiger charge is -2.35. The molecule has 0 radical (unpaired) electrons. The molecule has 1 fully saturated rings. The SMILES string of the molecule is CNC1(C(C)(C)c2cccc(Br)c2)CC1. The van der Waals surface area contributed by atoms with Gasteiger partial charge in [0.05, 0.1) is 0 Å². The summed E-state index contributed by atoms with van der Waals surface area (Å²) >= 11 is 3.54. The number of halogens is 1. The van der Waals surface area contributed by atoms with Gasteiger partial charge in [-0.25, -0.2) is 0 Å². The largest absolute Gasteiger partial charge is 0.313 e. The zero-order valence-electron chi connectivity index (χ0n) is 9.60. The van der Waals surface area contributed by atoms with E-state index in [-0.39, 0.29) is 5.41 Å². The Morgan fingerprint density at radius 1 is 1.33 bits per heavy atom. The minimum Gasteiger partial charge on any atom is -0.313 e. The summed E-state index contributed by atoms with van der Waals surface area (Å²) < 4.78 is 1.17. The Labute approximate surface area is 100 Å². The van der Waals surface area contributed by atoms with Crippen LogP contribution < -0.4 is 5.32 Å². The highest BCUT2D eigenvalue weighted by Crippen LogP contribution is 2.51. The third-order valence-electron chi connectivity index (χ3n) is 3.97. The van der Waals surface area contributed by atoms with Crippen LogP contribution in [-0.2, 0) is 5.41 Å². The Bertz CT molecular complexity index is 367. The molecule has 0 heterocycles. The quantitative estimate of drug-likeness (QED) is 0.885. The lowest BCUT2D eigenvalue weighted by atomic mass is 9.75. The zero-order chi connectivity index (χ0) is 11.1. The Morgan fingerprint density at radius 2 is 2.00 bits per heavy atom. The van der Waals surface area contributed by atoms with Crippen molar-refractivity contribution in [3.8, 4) is 0 Å². The molecule has 1 aromatic carbocycles. The molecule has 0 unspecified atom stereocenters. The van der Waals surface area contributed by atoms with Crippen LogP contribution in [0, 0.1) is 0 Å². The fourth-order valence-corrected chi connectivity index (χ4v) is 2.87. The van der Waals surface area contributed by atoms with Gasteiger partial charge in [-0.2, -0.15) is 0 Å². The molecule has 1 N–H and O–H groups in total. The number of hydrogen-bond donors (Lipinski definition) is 1. The van der Waals surface area contributed by atoms with Crippen molar-refractivity contribution < 1.29 is 0 Å². The maximum absolute atomic E-state index is 3.54. The van der Waals surface area contributed by atoms with Gasteiger partial charge in [0, 0.05) is 15.4 Å². The van der Waals surface area contributed by atoms with E-state index in [1.807, 2.05) is 0 Å². The molecule has 1 nitrogen and oxygen atoms in total. The van der Waals surface area contributed by atoms with E-state index in [1.165, 1.54) is 22.9 Å². The van der Waals surface area contributed by atoms with Crippen molar-refractivity contribution in [3.05, 3.63) is 34.3 Å². The Balaban J connectivity index is 2.37. The van der Waals surface area contributed by atoms with Gasteiger partial charge in [0.15, 0.2) is 0 Å². The van der Waals surface area contributed by atoms with E-state index in [9.17, 15) is 0 Å². The van der Waals surface area contributed by atoms with Gasteiger partial charge in [0.2, 0.25) is 0 Å². The molecule has 0 spiro atoms. The van der Waals surface area contributed by atoms with Crippen LogP contribution in [0.25, 0.3) is 0 Å². The second-order valence-corrected chi connectivity index (χ2v) is 5.88. The number of benzene rings is 1. The van der Waals surface area contributed by atoms with Gasteiger partial charge < -0.3 is 5.32 Å². The highest BCUT2D eigenvalue weighted by atomic mass is 79.9. The van der Waals surface area contributed by atoms with E-state index in [2.05, 4.69) is 66.4 Å². The van der Waals surface area contributed by atoms with Crippen LogP contribution in [0.1, 0.15) is 32.3 Å². The monoisotopic (exact) mass is 267 g/mol. The van der Waals surface area contributed by atoms with Gasteiger partial charge in [-0.05, 0) is 37.6 Å². The molecule has 1 saturated carbocycles. The predicted octanol–water partition coefficient (Wildman–Crippen LogP) is 3.48.